The van der Waals surface area contributed by atoms with Crippen molar-refractivity contribution in [3.63, 3.8) is 0 Å². The second kappa shape index (κ2) is 10.5. The number of hydrogen-bond acceptors (Lipinski definition) is 5. The third-order valence-corrected chi connectivity index (χ3v) is 6.85. The van der Waals surface area contributed by atoms with Gasteiger partial charge in [0.05, 0.1) is 30.2 Å². The zero-order valence-corrected chi connectivity index (χ0v) is 21.4. The lowest BCUT2D eigenvalue weighted by Gasteiger charge is -2.38. The van der Waals surface area contributed by atoms with E-state index >= 15 is 0 Å². The number of nitrogens with zero attached hydrogens (tertiary/aromatic N) is 3. The molecule has 1 aromatic heterocycles. The standard InChI is InChI=1S/C32H27N3O4/c1-2-38-31(37)28-29(23-14-11-17-25(20-23)39-24-15-7-4-8-16-24)35-27-19-10-9-18-26(27)33-32(35)34(30(28)36)21-22-12-5-3-6-13-22/h3-20,28-29H,2,21H2,1H3. The van der Waals surface area contributed by atoms with Crippen LogP contribution in [0.1, 0.15) is 24.1 Å². The number of fused-ring (bicyclic) bond motifs is 3. The highest BCUT2D eigenvalue weighted by molar-refractivity contribution is 6.08. The lowest BCUT2D eigenvalue weighted by molar-refractivity contribution is -0.153. The Labute approximate surface area is 226 Å². The average Bonchev–Trinajstić information content (AvgIpc) is 3.35. The molecule has 39 heavy (non-hydrogen) atoms. The minimum atomic E-state index is -1.11. The van der Waals surface area contributed by atoms with E-state index in [1.807, 2.05) is 114 Å². The first kappa shape index (κ1) is 24.4. The number of rotatable bonds is 7. The average molecular weight is 518 g/mol. The Kier molecular flexibility index (Phi) is 6.55. The van der Waals surface area contributed by atoms with Gasteiger partial charge in [0.2, 0.25) is 11.9 Å². The van der Waals surface area contributed by atoms with Crippen LogP contribution in [-0.2, 0) is 20.9 Å². The van der Waals surface area contributed by atoms with Crippen molar-refractivity contribution in [2.75, 3.05) is 11.5 Å². The number of aromatic nitrogens is 2. The van der Waals surface area contributed by atoms with Crippen LogP contribution in [0.25, 0.3) is 11.0 Å². The molecule has 2 heterocycles. The summed E-state index contributed by atoms with van der Waals surface area (Å²) in [6.07, 6.45) is 0. The number of anilines is 1. The summed E-state index contributed by atoms with van der Waals surface area (Å²) in [6.45, 7) is 2.19. The molecule has 2 unspecified atom stereocenters. The second-order valence-corrected chi connectivity index (χ2v) is 9.34. The van der Waals surface area contributed by atoms with E-state index in [0.29, 0.717) is 17.4 Å². The predicted molar refractivity (Wildman–Crippen MR) is 149 cm³/mol. The van der Waals surface area contributed by atoms with Crippen LogP contribution in [0.2, 0.25) is 0 Å². The molecule has 0 saturated carbocycles. The Hall–Kier alpha value is -4.91. The van der Waals surface area contributed by atoms with Crippen molar-refractivity contribution in [2.24, 2.45) is 5.92 Å². The van der Waals surface area contributed by atoms with Gasteiger partial charge in [0.1, 0.15) is 11.5 Å². The first-order valence-electron chi connectivity index (χ1n) is 13.0. The molecule has 2 atom stereocenters. The first-order valence-corrected chi connectivity index (χ1v) is 13.0. The summed E-state index contributed by atoms with van der Waals surface area (Å²) in [4.78, 5) is 34.2. The quantitative estimate of drug-likeness (QED) is 0.191. The van der Waals surface area contributed by atoms with Crippen LogP contribution in [-0.4, -0.2) is 28.0 Å². The molecule has 194 valence electrons. The zero-order chi connectivity index (χ0) is 26.8. The summed E-state index contributed by atoms with van der Waals surface area (Å²) in [5, 5.41) is 0. The van der Waals surface area contributed by atoms with Crippen molar-refractivity contribution in [1.29, 1.82) is 0 Å². The minimum Gasteiger partial charge on any atom is -0.465 e. The van der Waals surface area contributed by atoms with Crippen molar-refractivity contribution in [2.45, 2.75) is 19.5 Å². The second-order valence-electron chi connectivity index (χ2n) is 9.34. The van der Waals surface area contributed by atoms with E-state index in [0.717, 1.165) is 22.2 Å². The molecular weight excluding hydrogens is 490 g/mol. The third kappa shape index (κ3) is 4.63. The maximum Gasteiger partial charge on any atom is 0.321 e. The van der Waals surface area contributed by atoms with Crippen LogP contribution in [0.15, 0.2) is 109 Å². The van der Waals surface area contributed by atoms with E-state index in [2.05, 4.69) is 0 Å². The maximum absolute atomic E-state index is 14.2. The van der Waals surface area contributed by atoms with Gasteiger partial charge in [-0.2, -0.15) is 0 Å². The van der Waals surface area contributed by atoms with Gasteiger partial charge in [0, 0.05) is 0 Å². The third-order valence-electron chi connectivity index (χ3n) is 6.85. The molecule has 1 aliphatic heterocycles. The highest BCUT2D eigenvalue weighted by Crippen LogP contribution is 2.42. The fourth-order valence-electron chi connectivity index (χ4n) is 5.15. The predicted octanol–water partition coefficient (Wildman–Crippen LogP) is 6.14. The van der Waals surface area contributed by atoms with Crippen LogP contribution in [0.4, 0.5) is 5.95 Å². The Morgan fingerprint density at radius 3 is 2.31 bits per heavy atom. The molecule has 1 amide bonds. The van der Waals surface area contributed by atoms with Crippen molar-refractivity contribution >= 4 is 28.9 Å². The van der Waals surface area contributed by atoms with E-state index in [9.17, 15) is 9.59 Å². The molecule has 0 N–H and O–H groups in total. The fraction of sp³-hybridized carbons (Fsp3) is 0.156. The number of esters is 1. The number of benzene rings is 4. The molecule has 0 spiro atoms. The van der Waals surface area contributed by atoms with Crippen molar-refractivity contribution < 1.29 is 19.1 Å². The number of imidazole rings is 1. The molecule has 0 saturated heterocycles. The van der Waals surface area contributed by atoms with Crippen LogP contribution in [0.5, 0.6) is 11.5 Å². The molecule has 6 rings (SSSR count). The summed E-state index contributed by atoms with van der Waals surface area (Å²) >= 11 is 0. The molecule has 0 fully saturated rings. The normalized spacial score (nSPS) is 16.6. The van der Waals surface area contributed by atoms with Crippen molar-refractivity contribution in [1.82, 2.24) is 9.55 Å². The maximum atomic E-state index is 14.2. The number of para-hydroxylation sites is 3. The summed E-state index contributed by atoms with van der Waals surface area (Å²) in [6, 6.07) is 33.7. The van der Waals surface area contributed by atoms with E-state index in [1.165, 1.54) is 0 Å². The molecule has 0 bridgehead atoms. The molecule has 7 nitrogen and oxygen atoms in total. The SMILES string of the molecule is CCOC(=O)C1C(=O)N(Cc2ccccc2)c2nc3ccccc3n2C1c1cccc(Oc2ccccc2)c1. The van der Waals surface area contributed by atoms with E-state index < -0.39 is 17.9 Å². The summed E-state index contributed by atoms with van der Waals surface area (Å²) < 4.78 is 13.6. The van der Waals surface area contributed by atoms with Crippen molar-refractivity contribution in [3.05, 3.63) is 120 Å². The number of carbonyl (C=O) groups excluding carboxylic acids is 2. The van der Waals surface area contributed by atoms with E-state index in [4.69, 9.17) is 14.5 Å². The van der Waals surface area contributed by atoms with E-state index in [1.54, 1.807) is 11.8 Å². The van der Waals surface area contributed by atoms with Crippen LogP contribution in [0, 0.1) is 5.92 Å². The highest BCUT2D eigenvalue weighted by atomic mass is 16.5. The number of hydrogen-bond donors (Lipinski definition) is 0. The zero-order valence-electron chi connectivity index (χ0n) is 21.4. The van der Waals surface area contributed by atoms with Gasteiger partial charge in [0.25, 0.3) is 0 Å². The Morgan fingerprint density at radius 1 is 0.846 bits per heavy atom. The molecule has 5 aromatic rings. The number of carbonyl (C=O) groups is 2. The molecule has 4 aromatic carbocycles. The molecule has 0 aliphatic carbocycles. The van der Waals surface area contributed by atoms with Gasteiger partial charge < -0.3 is 14.0 Å². The van der Waals surface area contributed by atoms with Crippen LogP contribution < -0.4 is 9.64 Å². The van der Waals surface area contributed by atoms with E-state index in [-0.39, 0.29) is 19.1 Å². The van der Waals surface area contributed by atoms with Gasteiger partial charge >= 0.3 is 5.97 Å². The van der Waals surface area contributed by atoms with Crippen LogP contribution in [0.3, 0.4) is 0 Å². The number of amides is 1. The highest BCUT2D eigenvalue weighted by Gasteiger charge is 2.48. The summed E-state index contributed by atoms with van der Waals surface area (Å²) in [5.41, 5.74) is 3.25. The molecular formula is C32H27N3O4. The lowest BCUT2D eigenvalue weighted by Crippen LogP contribution is -2.49. The van der Waals surface area contributed by atoms with Gasteiger partial charge in [0.15, 0.2) is 5.92 Å². The first-order chi connectivity index (χ1) is 19.1. The van der Waals surface area contributed by atoms with Crippen LogP contribution >= 0.6 is 0 Å². The van der Waals surface area contributed by atoms with Gasteiger partial charge in [-0.25, -0.2) is 4.98 Å². The largest absolute Gasteiger partial charge is 0.465 e. The Bertz CT molecular complexity index is 1630. The lowest BCUT2D eigenvalue weighted by atomic mass is 9.89. The minimum absolute atomic E-state index is 0.169. The van der Waals surface area contributed by atoms with Gasteiger partial charge in [-0.3, -0.25) is 14.5 Å². The van der Waals surface area contributed by atoms with Crippen molar-refractivity contribution in [3.8, 4) is 11.5 Å². The molecule has 0 radical (unpaired) electrons. The molecule has 1 aliphatic rings. The monoisotopic (exact) mass is 517 g/mol. The van der Waals surface area contributed by atoms with Gasteiger partial charge in [-0.05, 0) is 54.4 Å². The number of ether oxygens (including phenoxy) is 2. The smallest absolute Gasteiger partial charge is 0.321 e. The summed E-state index contributed by atoms with van der Waals surface area (Å²) in [7, 11) is 0. The topological polar surface area (TPSA) is 73.7 Å². The Balaban J connectivity index is 1.52. The summed E-state index contributed by atoms with van der Waals surface area (Å²) in [5.74, 6) is -0.232. The fourth-order valence-corrected chi connectivity index (χ4v) is 5.15. The van der Waals surface area contributed by atoms with Gasteiger partial charge in [-0.1, -0.05) is 72.8 Å². The molecule has 7 heteroatoms. The Morgan fingerprint density at radius 2 is 1.54 bits per heavy atom. The van der Waals surface area contributed by atoms with Gasteiger partial charge in [-0.15, -0.1) is 0 Å².